The summed E-state index contributed by atoms with van der Waals surface area (Å²) < 4.78 is 0. The molecule has 2 aromatic heterocycles. The highest BCUT2D eigenvalue weighted by Gasteiger charge is 2.39. The Morgan fingerprint density at radius 3 is 2.20 bits per heavy atom. The molecule has 2 nitrogen and oxygen atoms in total. The number of fused-ring (bicyclic) bond motifs is 6. The summed E-state index contributed by atoms with van der Waals surface area (Å²) in [5, 5.41) is 3.70. The minimum atomic E-state index is -0.181. The van der Waals surface area contributed by atoms with Crippen molar-refractivity contribution in [2.24, 2.45) is 0 Å². The zero-order chi connectivity index (χ0) is 27.6. The molecule has 0 fully saturated rings. The summed E-state index contributed by atoms with van der Waals surface area (Å²) in [6.07, 6.45) is 1.84. The Kier molecular flexibility index (Phi) is 5.20. The van der Waals surface area contributed by atoms with Crippen molar-refractivity contribution in [1.82, 2.24) is 9.97 Å². The monoisotopic (exact) mass is 524 g/mol. The van der Waals surface area contributed by atoms with Gasteiger partial charge in [0.15, 0.2) is 0 Å². The van der Waals surface area contributed by atoms with Crippen LogP contribution in [0.15, 0.2) is 134 Å². The van der Waals surface area contributed by atoms with Gasteiger partial charge >= 0.3 is 0 Å². The van der Waals surface area contributed by atoms with Crippen molar-refractivity contribution in [3.05, 3.63) is 145 Å². The van der Waals surface area contributed by atoms with E-state index >= 15 is 0 Å². The lowest BCUT2D eigenvalue weighted by Gasteiger charge is -2.26. The first-order valence-electron chi connectivity index (χ1n) is 14.2. The molecule has 1 aliphatic rings. The second kappa shape index (κ2) is 8.97. The van der Waals surface area contributed by atoms with Crippen LogP contribution in [0, 0.1) is 0 Å². The summed E-state index contributed by atoms with van der Waals surface area (Å²) in [7, 11) is 0. The van der Waals surface area contributed by atoms with Gasteiger partial charge in [0, 0.05) is 28.1 Å². The van der Waals surface area contributed by atoms with Crippen LogP contribution in [0.4, 0.5) is 0 Å². The molecule has 2 heteroatoms. The van der Waals surface area contributed by atoms with Crippen molar-refractivity contribution in [1.29, 1.82) is 0 Å². The summed E-state index contributed by atoms with van der Waals surface area (Å²) in [5.74, 6) is 0. The summed E-state index contributed by atoms with van der Waals surface area (Å²) in [6, 6.07) is 45.6. The largest absolute Gasteiger partial charge is 0.256 e. The maximum absolute atomic E-state index is 5.34. The maximum Gasteiger partial charge on any atom is 0.0759 e. The van der Waals surface area contributed by atoms with Gasteiger partial charge in [-0.3, -0.25) is 4.98 Å². The molecule has 0 unspecified atom stereocenters. The van der Waals surface area contributed by atoms with Gasteiger partial charge in [-0.1, -0.05) is 117 Å². The first-order valence-corrected chi connectivity index (χ1v) is 14.2. The molecule has 0 atom stereocenters. The molecule has 41 heavy (non-hydrogen) atoms. The Bertz CT molecular complexity index is 2110. The van der Waals surface area contributed by atoms with Gasteiger partial charge in [0.1, 0.15) is 0 Å². The van der Waals surface area contributed by atoms with Gasteiger partial charge in [-0.2, -0.15) is 0 Å². The van der Waals surface area contributed by atoms with Crippen LogP contribution in [-0.2, 0) is 5.41 Å². The van der Waals surface area contributed by atoms with E-state index in [1.165, 1.54) is 55.1 Å². The van der Waals surface area contributed by atoms with E-state index < -0.39 is 0 Å². The van der Waals surface area contributed by atoms with Gasteiger partial charge in [0.2, 0.25) is 0 Å². The van der Waals surface area contributed by atoms with Crippen molar-refractivity contribution in [3.8, 4) is 44.8 Å². The number of rotatable bonds is 3. The van der Waals surface area contributed by atoms with Gasteiger partial charge in [0.05, 0.1) is 16.9 Å². The standard InChI is InChI=1S/C39H28N2/c1-39(2)32-15-6-5-14-31(32)38-37(39)35(36-30-13-4-3-10-26(30)21-22-34(36)41-38)29-12-9-11-28(24-29)25-17-19-27(20-18-25)33-16-7-8-23-40-33/h3-24H,1-2H3. The number of aromatic nitrogens is 2. The first-order chi connectivity index (χ1) is 20.1. The van der Waals surface area contributed by atoms with Gasteiger partial charge in [-0.15, -0.1) is 0 Å². The molecule has 0 amide bonds. The highest BCUT2D eigenvalue weighted by Crippen LogP contribution is 2.54. The SMILES string of the molecule is CC1(C)c2ccccc2-c2nc3ccc4ccccc4c3c(-c3cccc(-c4ccc(-c5ccccn5)cc4)c3)c21. The molecule has 0 radical (unpaired) electrons. The molecule has 1 aliphatic carbocycles. The Morgan fingerprint density at radius 1 is 0.585 bits per heavy atom. The zero-order valence-corrected chi connectivity index (χ0v) is 23.1. The third-order valence-corrected chi connectivity index (χ3v) is 8.69. The molecule has 0 saturated heterocycles. The molecule has 0 bridgehead atoms. The lowest BCUT2D eigenvalue weighted by molar-refractivity contribution is 0.662. The van der Waals surface area contributed by atoms with Crippen LogP contribution in [-0.4, -0.2) is 9.97 Å². The fourth-order valence-corrected chi connectivity index (χ4v) is 6.72. The molecule has 7 aromatic rings. The molecule has 0 spiro atoms. The van der Waals surface area contributed by atoms with E-state index in [4.69, 9.17) is 4.98 Å². The lowest BCUT2D eigenvalue weighted by atomic mass is 9.77. The van der Waals surface area contributed by atoms with Crippen molar-refractivity contribution >= 4 is 21.7 Å². The molecular formula is C39H28N2. The molecule has 0 N–H and O–H groups in total. The van der Waals surface area contributed by atoms with Crippen LogP contribution >= 0.6 is 0 Å². The third kappa shape index (κ3) is 3.64. The van der Waals surface area contributed by atoms with Crippen molar-refractivity contribution in [3.63, 3.8) is 0 Å². The molecule has 194 valence electrons. The summed E-state index contributed by atoms with van der Waals surface area (Å²) >= 11 is 0. The Balaban J connectivity index is 1.39. The van der Waals surface area contributed by atoms with E-state index in [9.17, 15) is 0 Å². The number of pyridine rings is 2. The average molecular weight is 525 g/mol. The van der Waals surface area contributed by atoms with E-state index in [2.05, 4.69) is 134 Å². The Hall–Kier alpha value is -5.08. The Labute approximate surface area is 240 Å². The van der Waals surface area contributed by atoms with E-state index in [0.717, 1.165) is 22.5 Å². The summed E-state index contributed by atoms with van der Waals surface area (Å²) in [6.45, 7) is 4.69. The molecule has 8 rings (SSSR count). The van der Waals surface area contributed by atoms with Crippen LogP contribution in [0.1, 0.15) is 25.0 Å². The molecule has 2 heterocycles. The van der Waals surface area contributed by atoms with Crippen LogP contribution < -0.4 is 0 Å². The van der Waals surface area contributed by atoms with E-state index in [-0.39, 0.29) is 5.41 Å². The number of hydrogen-bond acceptors (Lipinski definition) is 2. The number of nitrogens with zero attached hydrogens (tertiary/aromatic N) is 2. The zero-order valence-electron chi connectivity index (χ0n) is 23.1. The van der Waals surface area contributed by atoms with Crippen LogP contribution in [0.2, 0.25) is 0 Å². The van der Waals surface area contributed by atoms with E-state index in [1.54, 1.807) is 0 Å². The van der Waals surface area contributed by atoms with Crippen LogP contribution in [0.25, 0.3) is 66.4 Å². The number of hydrogen-bond donors (Lipinski definition) is 0. The smallest absolute Gasteiger partial charge is 0.0759 e. The molecule has 0 aliphatic heterocycles. The topological polar surface area (TPSA) is 25.8 Å². The van der Waals surface area contributed by atoms with Crippen molar-refractivity contribution in [2.75, 3.05) is 0 Å². The minimum absolute atomic E-state index is 0.181. The average Bonchev–Trinajstić information content (AvgIpc) is 3.26. The Morgan fingerprint density at radius 2 is 1.34 bits per heavy atom. The highest BCUT2D eigenvalue weighted by molar-refractivity contribution is 6.16. The summed E-state index contributed by atoms with van der Waals surface area (Å²) in [5.41, 5.74) is 12.8. The van der Waals surface area contributed by atoms with Gasteiger partial charge in [0.25, 0.3) is 0 Å². The fraction of sp³-hybridized carbons (Fsp3) is 0.0769. The second-order valence-electron chi connectivity index (χ2n) is 11.4. The van der Waals surface area contributed by atoms with Crippen LogP contribution in [0.3, 0.4) is 0 Å². The predicted molar refractivity (Wildman–Crippen MR) is 171 cm³/mol. The van der Waals surface area contributed by atoms with Gasteiger partial charge in [-0.05, 0) is 68.4 Å². The quantitative estimate of drug-likeness (QED) is 0.215. The highest BCUT2D eigenvalue weighted by atomic mass is 14.7. The fourth-order valence-electron chi connectivity index (χ4n) is 6.72. The van der Waals surface area contributed by atoms with E-state index in [0.29, 0.717) is 0 Å². The molecule has 5 aromatic carbocycles. The minimum Gasteiger partial charge on any atom is -0.256 e. The van der Waals surface area contributed by atoms with Gasteiger partial charge in [-0.25, -0.2) is 4.98 Å². The van der Waals surface area contributed by atoms with Gasteiger partial charge < -0.3 is 0 Å². The van der Waals surface area contributed by atoms with Crippen molar-refractivity contribution < 1.29 is 0 Å². The van der Waals surface area contributed by atoms with E-state index in [1.807, 2.05) is 18.3 Å². The normalized spacial score (nSPS) is 13.3. The second-order valence-corrected chi connectivity index (χ2v) is 11.4. The molecular weight excluding hydrogens is 496 g/mol. The lowest BCUT2D eigenvalue weighted by Crippen LogP contribution is -2.16. The summed E-state index contributed by atoms with van der Waals surface area (Å²) in [4.78, 5) is 9.86. The third-order valence-electron chi connectivity index (χ3n) is 8.69. The first kappa shape index (κ1) is 23.8. The van der Waals surface area contributed by atoms with Crippen LogP contribution in [0.5, 0.6) is 0 Å². The number of benzene rings is 5. The van der Waals surface area contributed by atoms with Crippen molar-refractivity contribution in [2.45, 2.75) is 19.3 Å². The predicted octanol–water partition coefficient (Wildman–Crippen LogP) is 10.1. The molecule has 0 saturated carbocycles. The maximum atomic E-state index is 5.34.